The average Bonchev–Trinajstić information content (AvgIpc) is 3.18. The number of pyridine rings is 1. The number of carbonyl (C=O) groups is 1. The van der Waals surface area contributed by atoms with E-state index in [2.05, 4.69) is 29.6 Å². The van der Waals surface area contributed by atoms with Gasteiger partial charge in [0, 0.05) is 29.1 Å². The first kappa shape index (κ1) is 19.0. The van der Waals surface area contributed by atoms with Crippen molar-refractivity contribution in [2.75, 3.05) is 0 Å². The highest BCUT2D eigenvalue weighted by Crippen LogP contribution is 2.42. The van der Waals surface area contributed by atoms with Crippen molar-refractivity contribution in [3.05, 3.63) is 40.3 Å². The Morgan fingerprint density at radius 2 is 2.14 bits per heavy atom. The molecule has 6 heteroatoms. The number of nitrogens with zero attached hydrogens (tertiary/aromatic N) is 4. The highest BCUT2D eigenvalue weighted by Gasteiger charge is 2.29. The highest BCUT2D eigenvalue weighted by atomic mass is 32.1. The number of aryl methyl sites for hydroxylation is 2. The van der Waals surface area contributed by atoms with Crippen LogP contribution in [0, 0.1) is 6.92 Å². The maximum atomic E-state index is 11.6. The first-order chi connectivity index (χ1) is 13.5. The van der Waals surface area contributed by atoms with Gasteiger partial charge in [-0.3, -0.25) is 14.5 Å². The molecule has 1 aliphatic rings. The lowest BCUT2D eigenvalue weighted by Gasteiger charge is -2.13. The first-order valence-electron chi connectivity index (χ1n) is 10.0. The monoisotopic (exact) mass is 394 g/mol. The molecule has 1 aliphatic carbocycles. The van der Waals surface area contributed by atoms with Gasteiger partial charge in [0.2, 0.25) is 0 Å². The van der Waals surface area contributed by atoms with E-state index >= 15 is 0 Å². The molecule has 0 radical (unpaired) electrons. The Kier molecular flexibility index (Phi) is 5.15. The zero-order chi connectivity index (χ0) is 19.8. The minimum atomic E-state index is 0.158. The van der Waals surface area contributed by atoms with Gasteiger partial charge in [0.15, 0.2) is 0 Å². The number of fused-ring (bicyclic) bond motifs is 3. The SMILES string of the molecule is CCC(C)n1nc(-c2ccc(C)nc2)c2c1-c1sc(CC(C)=O)nc1CCC2. The average molecular weight is 395 g/mol. The Hall–Kier alpha value is -2.34. The van der Waals surface area contributed by atoms with Crippen molar-refractivity contribution in [2.24, 2.45) is 0 Å². The lowest BCUT2D eigenvalue weighted by Crippen LogP contribution is -2.07. The fourth-order valence-corrected chi connectivity index (χ4v) is 5.00. The standard InChI is InChI=1S/C22H26N4OS/c1-5-14(3)26-21-17(20(25-26)16-10-9-13(2)23-12-16)7-6-8-18-22(21)28-19(24-18)11-15(4)27/h9-10,12,14H,5-8,11H2,1-4H3. The summed E-state index contributed by atoms with van der Waals surface area (Å²) < 4.78 is 2.18. The summed E-state index contributed by atoms with van der Waals surface area (Å²) >= 11 is 1.66. The topological polar surface area (TPSA) is 60.7 Å². The van der Waals surface area contributed by atoms with Crippen LogP contribution in [0.5, 0.6) is 0 Å². The normalized spacial score (nSPS) is 14.3. The summed E-state index contributed by atoms with van der Waals surface area (Å²) in [6, 6.07) is 4.46. The number of hydrogen-bond donors (Lipinski definition) is 0. The Morgan fingerprint density at radius 1 is 1.32 bits per heavy atom. The van der Waals surface area contributed by atoms with Crippen LogP contribution in [-0.4, -0.2) is 25.5 Å². The molecule has 3 heterocycles. The number of ketones is 1. The highest BCUT2D eigenvalue weighted by molar-refractivity contribution is 7.15. The van der Waals surface area contributed by atoms with Gasteiger partial charge in [0.25, 0.3) is 0 Å². The molecule has 0 aliphatic heterocycles. The third-order valence-electron chi connectivity index (χ3n) is 5.40. The minimum Gasteiger partial charge on any atom is -0.300 e. The van der Waals surface area contributed by atoms with Gasteiger partial charge in [0.05, 0.1) is 28.4 Å². The van der Waals surface area contributed by atoms with Gasteiger partial charge >= 0.3 is 0 Å². The van der Waals surface area contributed by atoms with E-state index in [4.69, 9.17) is 10.1 Å². The molecule has 3 aromatic heterocycles. The molecule has 0 amide bonds. The van der Waals surface area contributed by atoms with Gasteiger partial charge in [-0.05, 0) is 58.6 Å². The van der Waals surface area contributed by atoms with Crippen LogP contribution in [0.1, 0.15) is 61.6 Å². The zero-order valence-electron chi connectivity index (χ0n) is 17.0. The van der Waals surface area contributed by atoms with Crippen molar-refractivity contribution < 1.29 is 4.79 Å². The van der Waals surface area contributed by atoms with Crippen LogP contribution in [0.4, 0.5) is 0 Å². The summed E-state index contributed by atoms with van der Waals surface area (Å²) in [4.78, 5) is 22.1. The molecule has 146 valence electrons. The maximum Gasteiger partial charge on any atom is 0.136 e. The van der Waals surface area contributed by atoms with Crippen molar-refractivity contribution in [3.8, 4) is 21.8 Å². The second kappa shape index (κ2) is 7.59. The van der Waals surface area contributed by atoms with Gasteiger partial charge < -0.3 is 0 Å². The summed E-state index contributed by atoms with van der Waals surface area (Å²) in [6.07, 6.45) is 6.33. The van der Waals surface area contributed by atoms with Crippen molar-refractivity contribution in [2.45, 2.75) is 65.8 Å². The Labute approximate surface area is 169 Å². The minimum absolute atomic E-state index is 0.158. The quantitative estimate of drug-likeness (QED) is 0.613. The lowest BCUT2D eigenvalue weighted by molar-refractivity contribution is -0.116. The second-order valence-corrected chi connectivity index (χ2v) is 8.77. The van der Waals surface area contributed by atoms with Gasteiger partial charge in [0.1, 0.15) is 10.8 Å². The molecule has 0 bridgehead atoms. The van der Waals surface area contributed by atoms with Crippen LogP contribution in [0.15, 0.2) is 18.3 Å². The molecule has 0 spiro atoms. The summed E-state index contributed by atoms with van der Waals surface area (Å²) in [5, 5.41) is 5.98. The van der Waals surface area contributed by atoms with E-state index in [1.165, 1.54) is 16.1 Å². The van der Waals surface area contributed by atoms with Gasteiger partial charge in [-0.25, -0.2) is 4.98 Å². The van der Waals surface area contributed by atoms with E-state index in [1.807, 2.05) is 19.2 Å². The molecule has 0 aromatic carbocycles. The molecule has 1 atom stereocenters. The maximum absolute atomic E-state index is 11.6. The molecular formula is C22H26N4OS. The number of carbonyl (C=O) groups excluding carboxylic acids is 1. The number of rotatable bonds is 5. The van der Waals surface area contributed by atoms with Crippen molar-refractivity contribution >= 4 is 17.1 Å². The molecular weight excluding hydrogens is 368 g/mol. The van der Waals surface area contributed by atoms with Crippen LogP contribution in [-0.2, 0) is 24.1 Å². The molecule has 0 N–H and O–H groups in total. The van der Waals surface area contributed by atoms with E-state index in [1.54, 1.807) is 18.3 Å². The van der Waals surface area contributed by atoms with Crippen LogP contribution in [0.2, 0.25) is 0 Å². The number of hydrogen-bond acceptors (Lipinski definition) is 5. The summed E-state index contributed by atoms with van der Waals surface area (Å²) in [5.41, 5.74) is 6.73. The second-order valence-electron chi connectivity index (χ2n) is 7.68. The van der Waals surface area contributed by atoms with Crippen LogP contribution >= 0.6 is 11.3 Å². The van der Waals surface area contributed by atoms with E-state index in [0.29, 0.717) is 12.5 Å². The fourth-order valence-electron chi connectivity index (χ4n) is 3.75. The predicted octanol–water partition coefficient (Wildman–Crippen LogP) is 4.97. The zero-order valence-corrected chi connectivity index (χ0v) is 17.8. The lowest BCUT2D eigenvalue weighted by atomic mass is 10.0. The van der Waals surface area contributed by atoms with E-state index in [9.17, 15) is 4.79 Å². The Bertz CT molecular complexity index is 1020. The van der Waals surface area contributed by atoms with Gasteiger partial charge in [-0.2, -0.15) is 5.10 Å². The van der Waals surface area contributed by atoms with E-state index < -0.39 is 0 Å². The third-order valence-corrected chi connectivity index (χ3v) is 6.50. The summed E-state index contributed by atoms with van der Waals surface area (Å²) in [7, 11) is 0. The van der Waals surface area contributed by atoms with Crippen LogP contribution in [0.25, 0.3) is 21.8 Å². The Morgan fingerprint density at radius 3 is 2.82 bits per heavy atom. The van der Waals surface area contributed by atoms with Crippen molar-refractivity contribution in [1.82, 2.24) is 19.7 Å². The van der Waals surface area contributed by atoms with Crippen LogP contribution < -0.4 is 0 Å². The molecule has 28 heavy (non-hydrogen) atoms. The van der Waals surface area contributed by atoms with Crippen LogP contribution in [0.3, 0.4) is 0 Å². The number of Topliss-reactive ketones (excluding diaryl/α,β-unsaturated/α-hetero) is 1. The van der Waals surface area contributed by atoms with Gasteiger partial charge in [-0.1, -0.05) is 6.92 Å². The molecule has 1 unspecified atom stereocenters. The molecule has 3 aromatic rings. The molecule has 0 fully saturated rings. The van der Waals surface area contributed by atoms with Crippen molar-refractivity contribution in [1.29, 1.82) is 0 Å². The fraction of sp³-hybridized carbons (Fsp3) is 0.455. The molecule has 0 saturated heterocycles. The van der Waals surface area contributed by atoms with Crippen molar-refractivity contribution in [3.63, 3.8) is 0 Å². The van der Waals surface area contributed by atoms with E-state index in [-0.39, 0.29) is 5.78 Å². The predicted molar refractivity (Wildman–Crippen MR) is 113 cm³/mol. The first-order valence-corrected chi connectivity index (χ1v) is 10.8. The van der Waals surface area contributed by atoms with Gasteiger partial charge in [-0.15, -0.1) is 11.3 Å². The molecule has 0 saturated carbocycles. The van der Waals surface area contributed by atoms with E-state index in [0.717, 1.165) is 53.3 Å². The number of aromatic nitrogens is 4. The molecule has 4 rings (SSSR count). The largest absolute Gasteiger partial charge is 0.300 e. The number of thiazole rings is 1. The summed E-state index contributed by atoms with van der Waals surface area (Å²) in [5.74, 6) is 0.158. The third kappa shape index (κ3) is 3.41. The smallest absolute Gasteiger partial charge is 0.136 e. The summed E-state index contributed by atoms with van der Waals surface area (Å²) in [6.45, 7) is 8.04. The Balaban J connectivity index is 1.92. The molecule has 5 nitrogen and oxygen atoms in total.